The summed E-state index contributed by atoms with van der Waals surface area (Å²) in [7, 11) is 0. The molecule has 276 valence electrons. The quantitative estimate of drug-likeness (QED) is 0.170. The Bertz CT molecular complexity index is 2960. The molecule has 58 heavy (non-hydrogen) atoms. The summed E-state index contributed by atoms with van der Waals surface area (Å²) in [6.07, 6.45) is 6.38. The minimum Gasteiger partial charge on any atom is -0.208 e. The van der Waals surface area contributed by atoms with Gasteiger partial charge in [0.25, 0.3) is 0 Å². The van der Waals surface area contributed by atoms with Gasteiger partial charge in [-0.15, -0.1) is 0 Å². The molecular formula is C55H41N3. The average molecular weight is 744 g/mol. The van der Waals surface area contributed by atoms with E-state index in [0.717, 1.165) is 33.4 Å². The van der Waals surface area contributed by atoms with Gasteiger partial charge in [-0.1, -0.05) is 195 Å². The van der Waals surface area contributed by atoms with Gasteiger partial charge in [-0.05, 0) is 91.4 Å². The van der Waals surface area contributed by atoms with Gasteiger partial charge in [0.1, 0.15) is 0 Å². The number of nitrogens with zero attached hydrogens (tertiary/aromatic N) is 3. The maximum Gasteiger partial charge on any atom is 0.164 e. The number of hydrogen-bond acceptors (Lipinski definition) is 3. The Morgan fingerprint density at radius 3 is 1.48 bits per heavy atom. The van der Waals surface area contributed by atoms with Crippen molar-refractivity contribution in [3.8, 4) is 78.7 Å². The van der Waals surface area contributed by atoms with Gasteiger partial charge < -0.3 is 0 Å². The molecule has 9 aromatic rings. The molecule has 2 aliphatic carbocycles. The SMILES string of the molecule is c1ccc(-c2cccc(-c3nc(-c4ccccc4)nc(-c4ccc(-c5ccc(-c6ccc7c(c6)C6(CCCCC6)c6ccccc6-7)c6ccccc56)cc4)n3)c2)cc1. The lowest BCUT2D eigenvalue weighted by Crippen LogP contribution is -2.28. The van der Waals surface area contributed by atoms with Gasteiger partial charge in [0.15, 0.2) is 17.5 Å². The minimum atomic E-state index is 0.130. The van der Waals surface area contributed by atoms with Crippen molar-refractivity contribution in [1.29, 1.82) is 0 Å². The standard InChI is InChI=1S/C55H41N3/c1-4-15-37(16-5-1)41-19-14-20-43(35-41)54-57-52(39-17-6-2-7-18-39)56-53(58-54)40-27-25-38(26-28-40)44-31-32-45(47-22-9-8-21-46(44)47)42-29-30-49-48-23-10-11-24-50(48)55(51(49)36-42)33-12-3-13-34-55/h1-2,4-11,14-32,35-36H,3,12-13,33-34H2. The minimum absolute atomic E-state index is 0.130. The first-order valence-electron chi connectivity index (χ1n) is 20.6. The van der Waals surface area contributed by atoms with E-state index in [9.17, 15) is 0 Å². The predicted molar refractivity (Wildman–Crippen MR) is 239 cm³/mol. The highest BCUT2D eigenvalue weighted by molar-refractivity contribution is 6.05. The van der Waals surface area contributed by atoms with Gasteiger partial charge in [0.2, 0.25) is 0 Å². The summed E-state index contributed by atoms with van der Waals surface area (Å²) in [4.78, 5) is 15.1. The molecule has 0 bridgehead atoms. The number of fused-ring (bicyclic) bond motifs is 6. The van der Waals surface area contributed by atoms with E-state index in [1.165, 1.54) is 81.8 Å². The molecular weight excluding hydrogens is 703 g/mol. The van der Waals surface area contributed by atoms with E-state index in [0.29, 0.717) is 17.5 Å². The van der Waals surface area contributed by atoms with Crippen LogP contribution in [0.4, 0.5) is 0 Å². The summed E-state index contributed by atoms with van der Waals surface area (Å²) in [6.45, 7) is 0. The van der Waals surface area contributed by atoms with Crippen molar-refractivity contribution in [3.63, 3.8) is 0 Å². The second-order valence-corrected chi connectivity index (χ2v) is 15.9. The van der Waals surface area contributed by atoms with E-state index >= 15 is 0 Å². The molecule has 1 spiro atoms. The highest BCUT2D eigenvalue weighted by Crippen LogP contribution is 2.56. The van der Waals surface area contributed by atoms with Crippen LogP contribution in [-0.2, 0) is 5.41 Å². The molecule has 1 aromatic heterocycles. The lowest BCUT2D eigenvalue weighted by atomic mass is 9.67. The Kier molecular flexibility index (Phi) is 8.40. The molecule has 0 N–H and O–H groups in total. The van der Waals surface area contributed by atoms with Crippen LogP contribution in [0.15, 0.2) is 188 Å². The normalized spacial score (nSPS) is 14.0. The van der Waals surface area contributed by atoms with Crippen LogP contribution in [0, 0.1) is 0 Å². The Hall–Kier alpha value is -6.97. The lowest BCUT2D eigenvalue weighted by molar-refractivity contribution is 0.353. The molecule has 3 nitrogen and oxygen atoms in total. The Labute approximate surface area is 339 Å². The highest BCUT2D eigenvalue weighted by Gasteiger charge is 2.43. The van der Waals surface area contributed by atoms with E-state index in [4.69, 9.17) is 15.0 Å². The van der Waals surface area contributed by atoms with Gasteiger partial charge in [0, 0.05) is 22.1 Å². The molecule has 1 heterocycles. The molecule has 0 aliphatic heterocycles. The third kappa shape index (κ3) is 5.85. The largest absolute Gasteiger partial charge is 0.208 e. The smallest absolute Gasteiger partial charge is 0.164 e. The summed E-state index contributed by atoms with van der Waals surface area (Å²) in [5.41, 5.74) is 16.1. The van der Waals surface area contributed by atoms with Crippen molar-refractivity contribution in [2.45, 2.75) is 37.5 Å². The van der Waals surface area contributed by atoms with Crippen LogP contribution in [-0.4, -0.2) is 15.0 Å². The predicted octanol–water partition coefficient (Wildman–Crippen LogP) is 14.3. The fourth-order valence-electron chi connectivity index (χ4n) is 9.74. The molecule has 3 heteroatoms. The third-order valence-corrected chi connectivity index (χ3v) is 12.6. The third-order valence-electron chi connectivity index (χ3n) is 12.6. The maximum atomic E-state index is 5.08. The van der Waals surface area contributed by atoms with Crippen molar-refractivity contribution in [2.75, 3.05) is 0 Å². The second-order valence-electron chi connectivity index (χ2n) is 15.9. The zero-order valence-electron chi connectivity index (χ0n) is 32.3. The number of rotatable bonds is 6. The molecule has 0 unspecified atom stereocenters. The van der Waals surface area contributed by atoms with E-state index < -0.39 is 0 Å². The van der Waals surface area contributed by atoms with Gasteiger partial charge in [-0.2, -0.15) is 0 Å². The van der Waals surface area contributed by atoms with E-state index in [2.05, 4.69) is 164 Å². The Balaban J connectivity index is 0.967. The molecule has 0 amide bonds. The number of aromatic nitrogens is 3. The van der Waals surface area contributed by atoms with Crippen LogP contribution in [0.3, 0.4) is 0 Å². The molecule has 11 rings (SSSR count). The highest BCUT2D eigenvalue weighted by atomic mass is 15.0. The molecule has 0 radical (unpaired) electrons. The van der Waals surface area contributed by atoms with Crippen LogP contribution >= 0.6 is 0 Å². The van der Waals surface area contributed by atoms with Crippen LogP contribution in [0.1, 0.15) is 43.2 Å². The zero-order chi connectivity index (χ0) is 38.5. The van der Waals surface area contributed by atoms with Crippen LogP contribution in [0.5, 0.6) is 0 Å². The molecule has 8 aromatic carbocycles. The maximum absolute atomic E-state index is 5.08. The van der Waals surface area contributed by atoms with E-state index in [1.807, 2.05) is 24.3 Å². The first kappa shape index (κ1) is 34.3. The molecule has 1 fully saturated rings. The average Bonchev–Trinajstić information content (AvgIpc) is 3.57. The van der Waals surface area contributed by atoms with E-state index in [-0.39, 0.29) is 5.41 Å². The van der Waals surface area contributed by atoms with Gasteiger partial charge in [-0.3, -0.25) is 0 Å². The summed E-state index contributed by atoms with van der Waals surface area (Å²) in [5, 5.41) is 2.51. The molecule has 2 aliphatic rings. The monoisotopic (exact) mass is 743 g/mol. The molecule has 0 saturated heterocycles. The van der Waals surface area contributed by atoms with Crippen LogP contribution in [0.25, 0.3) is 89.4 Å². The fourth-order valence-corrected chi connectivity index (χ4v) is 9.74. The number of hydrogen-bond donors (Lipinski definition) is 0. The van der Waals surface area contributed by atoms with Crippen LogP contribution < -0.4 is 0 Å². The Morgan fingerprint density at radius 1 is 0.293 bits per heavy atom. The molecule has 0 atom stereocenters. The first-order chi connectivity index (χ1) is 28.7. The van der Waals surface area contributed by atoms with Crippen LogP contribution in [0.2, 0.25) is 0 Å². The fraction of sp³-hybridized carbons (Fsp3) is 0.109. The zero-order valence-corrected chi connectivity index (χ0v) is 32.3. The van der Waals surface area contributed by atoms with Crippen molar-refractivity contribution in [1.82, 2.24) is 15.0 Å². The molecule has 1 saturated carbocycles. The van der Waals surface area contributed by atoms with Crippen molar-refractivity contribution in [3.05, 3.63) is 199 Å². The van der Waals surface area contributed by atoms with E-state index in [1.54, 1.807) is 0 Å². The first-order valence-corrected chi connectivity index (χ1v) is 20.6. The summed E-state index contributed by atoms with van der Waals surface area (Å²) < 4.78 is 0. The summed E-state index contributed by atoms with van der Waals surface area (Å²) in [5.74, 6) is 1.95. The van der Waals surface area contributed by atoms with Crippen molar-refractivity contribution in [2.24, 2.45) is 0 Å². The Morgan fingerprint density at radius 2 is 0.776 bits per heavy atom. The van der Waals surface area contributed by atoms with Gasteiger partial charge >= 0.3 is 0 Å². The van der Waals surface area contributed by atoms with Crippen molar-refractivity contribution < 1.29 is 0 Å². The topological polar surface area (TPSA) is 38.7 Å². The van der Waals surface area contributed by atoms with Gasteiger partial charge in [-0.25, -0.2) is 15.0 Å². The van der Waals surface area contributed by atoms with Crippen molar-refractivity contribution >= 4 is 10.8 Å². The second kappa shape index (κ2) is 14.2. The van der Waals surface area contributed by atoms with Gasteiger partial charge in [0.05, 0.1) is 0 Å². The lowest BCUT2D eigenvalue weighted by Gasteiger charge is -2.36. The number of benzene rings is 8. The summed E-state index contributed by atoms with van der Waals surface area (Å²) >= 11 is 0. The summed E-state index contributed by atoms with van der Waals surface area (Å²) in [6, 6.07) is 67.7.